The molecule has 0 radical (unpaired) electrons. The molecule has 3 aromatic rings. The third-order valence-electron chi connectivity index (χ3n) is 3.54. The molecule has 2 aromatic heterocycles. The fourth-order valence-electron chi connectivity index (χ4n) is 2.27. The highest BCUT2D eigenvalue weighted by Gasteiger charge is 2.14. The predicted molar refractivity (Wildman–Crippen MR) is 102 cm³/mol. The first kappa shape index (κ1) is 20.0. The van der Waals surface area contributed by atoms with E-state index >= 15 is 0 Å². The van der Waals surface area contributed by atoms with Crippen LogP contribution in [0.2, 0.25) is 5.15 Å². The third-order valence-corrected chi connectivity index (χ3v) is 4.86. The number of ether oxygens (including phenoxy) is 1. The highest BCUT2D eigenvalue weighted by atomic mass is 35.5. The van der Waals surface area contributed by atoms with E-state index in [2.05, 4.69) is 25.2 Å². The van der Waals surface area contributed by atoms with Crippen LogP contribution in [0.5, 0.6) is 5.75 Å². The molecule has 2 heterocycles. The van der Waals surface area contributed by atoms with Crippen LogP contribution in [-0.4, -0.2) is 38.0 Å². The Balaban J connectivity index is 1.63. The number of carbonyl (C=O) groups excluding carboxylic acids is 1. The molecule has 0 spiro atoms. The van der Waals surface area contributed by atoms with Crippen molar-refractivity contribution in [1.29, 1.82) is 0 Å². The van der Waals surface area contributed by atoms with E-state index in [4.69, 9.17) is 11.6 Å². The van der Waals surface area contributed by atoms with Crippen molar-refractivity contribution in [3.05, 3.63) is 47.7 Å². The van der Waals surface area contributed by atoms with Crippen molar-refractivity contribution in [2.24, 2.45) is 7.05 Å². The number of amides is 1. The first-order valence-electron chi connectivity index (χ1n) is 7.92. The summed E-state index contributed by atoms with van der Waals surface area (Å²) >= 11 is 7.11. The summed E-state index contributed by atoms with van der Waals surface area (Å²) < 4.78 is 30.5. The van der Waals surface area contributed by atoms with Gasteiger partial charge in [-0.2, -0.15) is 8.78 Å². The minimum atomic E-state index is -2.88. The SMILES string of the molecule is Cn1c(SCC(=O)Nc2cccnc2Cl)nnc1-c1ccc(OC(F)F)cc1. The summed E-state index contributed by atoms with van der Waals surface area (Å²) in [5.74, 6) is 0.416. The molecule has 0 aliphatic carbocycles. The molecule has 0 aliphatic heterocycles. The number of aromatic nitrogens is 4. The average Bonchev–Trinajstić information content (AvgIpc) is 3.03. The van der Waals surface area contributed by atoms with Crippen LogP contribution in [-0.2, 0) is 11.8 Å². The third kappa shape index (κ3) is 4.96. The number of anilines is 1. The van der Waals surface area contributed by atoms with Gasteiger partial charge in [0.2, 0.25) is 5.91 Å². The number of hydrogen-bond acceptors (Lipinski definition) is 6. The maximum Gasteiger partial charge on any atom is 0.387 e. The Kier molecular flexibility index (Phi) is 6.42. The van der Waals surface area contributed by atoms with E-state index < -0.39 is 6.61 Å². The lowest BCUT2D eigenvalue weighted by molar-refractivity contribution is -0.113. The lowest BCUT2D eigenvalue weighted by Crippen LogP contribution is -2.15. The molecule has 1 N–H and O–H groups in total. The fourth-order valence-corrected chi connectivity index (χ4v) is 3.15. The van der Waals surface area contributed by atoms with Gasteiger partial charge in [-0.05, 0) is 36.4 Å². The fraction of sp³-hybridized carbons (Fsp3) is 0.176. The van der Waals surface area contributed by atoms with E-state index in [1.54, 1.807) is 35.9 Å². The largest absolute Gasteiger partial charge is 0.435 e. The van der Waals surface area contributed by atoms with E-state index in [1.807, 2.05) is 0 Å². The minimum Gasteiger partial charge on any atom is -0.435 e. The standard InChI is InChI=1S/C17H14ClF2N5O2S/c1-25-15(10-4-6-11(7-5-10)27-16(19)20)23-24-17(25)28-9-13(26)22-12-3-2-8-21-14(12)18/h2-8,16H,9H2,1H3,(H,22,26). The van der Waals surface area contributed by atoms with Crippen LogP contribution in [0.4, 0.5) is 14.5 Å². The second-order valence-electron chi connectivity index (χ2n) is 5.45. The van der Waals surface area contributed by atoms with Gasteiger partial charge in [0.05, 0.1) is 11.4 Å². The topological polar surface area (TPSA) is 81.9 Å². The maximum atomic E-state index is 12.2. The Morgan fingerprint density at radius 2 is 2.04 bits per heavy atom. The maximum absolute atomic E-state index is 12.2. The molecule has 1 aromatic carbocycles. The lowest BCUT2D eigenvalue weighted by atomic mass is 10.2. The van der Waals surface area contributed by atoms with Gasteiger partial charge in [0.25, 0.3) is 0 Å². The zero-order valence-electron chi connectivity index (χ0n) is 14.5. The van der Waals surface area contributed by atoms with Gasteiger partial charge < -0.3 is 14.6 Å². The molecular formula is C17H14ClF2N5O2S. The second-order valence-corrected chi connectivity index (χ2v) is 6.75. The van der Waals surface area contributed by atoms with Gasteiger partial charge >= 0.3 is 6.61 Å². The predicted octanol–water partition coefficient (Wildman–Crippen LogP) is 3.86. The van der Waals surface area contributed by atoms with E-state index in [9.17, 15) is 13.6 Å². The van der Waals surface area contributed by atoms with Crippen LogP contribution >= 0.6 is 23.4 Å². The number of nitrogens with one attached hydrogen (secondary N) is 1. The van der Waals surface area contributed by atoms with Crippen molar-refractivity contribution in [3.63, 3.8) is 0 Å². The summed E-state index contributed by atoms with van der Waals surface area (Å²) in [4.78, 5) is 16.0. The van der Waals surface area contributed by atoms with Crippen molar-refractivity contribution in [1.82, 2.24) is 19.7 Å². The van der Waals surface area contributed by atoms with Crippen LogP contribution in [0.1, 0.15) is 0 Å². The summed E-state index contributed by atoms with van der Waals surface area (Å²) in [5.41, 5.74) is 1.11. The van der Waals surface area contributed by atoms with E-state index in [1.165, 1.54) is 30.1 Å². The van der Waals surface area contributed by atoms with E-state index in [-0.39, 0.29) is 22.6 Å². The second kappa shape index (κ2) is 8.98. The Hall–Kier alpha value is -2.72. The normalized spacial score (nSPS) is 10.9. The highest BCUT2D eigenvalue weighted by molar-refractivity contribution is 7.99. The summed E-state index contributed by atoms with van der Waals surface area (Å²) in [6, 6.07) is 9.38. The summed E-state index contributed by atoms with van der Waals surface area (Å²) in [6.07, 6.45) is 1.53. The molecule has 1 amide bonds. The van der Waals surface area contributed by atoms with Gasteiger partial charge in [0.1, 0.15) is 5.75 Å². The first-order valence-corrected chi connectivity index (χ1v) is 9.28. The molecule has 7 nitrogen and oxygen atoms in total. The Morgan fingerprint density at radius 3 is 2.71 bits per heavy atom. The quantitative estimate of drug-likeness (QED) is 0.457. The molecule has 0 saturated carbocycles. The average molecular weight is 426 g/mol. The molecule has 3 rings (SSSR count). The number of alkyl halides is 2. The van der Waals surface area contributed by atoms with Crippen LogP contribution in [0.15, 0.2) is 47.8 Å². The van der Waals surface area contributed by atoms with Gasteiger partial charge in [0, 0.05) is 18.8 Å². The zero-order chi connectivity index (χ0) is 20.1. The van der Waals surface area contributed by atoms with Crippen LogP contribution < -0.4 is 10.1 Å². The van der Waals surface area contributed by atoms with Crippen molar-refractivity contribution >= 4 is 35.0 Å². The Morgan fingerprint density at radius 1 is 1.29 bits per heavy atom. The number of pyridine rings is 1. The van der Waals surface area contributed by atoms with Gasteiger partial charge in [-0.1, -0.05) is 23.4 Å². The molecule has 0 aliphatic rings. The lowest BCUT2D eigenvalue weighted by Gasteiger charge is -2.07. The van der Waals surface area contributed by atoms with Crippen LogP contribution in [0.3, 0.4) is 0 Å². The zero-order valence-corrected chi connectivity index (χ0v) is 16.0. The number of carbonyl (C=O) groups is 1. The van der Waals surface area contributed by atoms with Crippen molar-refractivity contribution in [3.8, 4) is 17.1 Å². The highest BCUT2D eigenvalue weighted by Crippen LogP contribution is 2.25. The summed E-state index contributed by atoms with van der Waals surface area (Å²) in [7, 11) is 1.75. The number of thioether (sulfide) groups is 1. The molecular weight excluding hydrogens is 412 g/mol. The van der Waals surface area contributed by atoms with E-state index in [0.717, 1.165) is 0 Å². The molecule has 0 fully saturated rings. The number of rotatable bonds is 7. The van der Waals surface area contributed by atoms with Crippen LogP contribution in [0.25, 0.3) is 11.4 Å². The molecule has 0 atom stereocenters. The summed E-state index contributed by atoms with van der Waals surface area (Å²) in [6.45, 7) is -2.88. The van der Waals surface area contributed by atoms with Gasteiger partial charge in [-0.3, -0.25) is 4.79 Å². The number of hydrogen-bond donors (Lipinski definition) is 1. The number of halogens is 3. The monoisotopic (exact) mass is 425 g/mol. The minimum absolute atomic E-state index is 0.0567. The molecule has 11 heteroatoms. The van der Waals surface area contributed by atoms with Gasteiger partial charge in [-0.25, -0.2) is 4.98 Å². The van der Waals surface area contributed by atoms with Gasteiger partial charge in [-0.15, -0.1) is 10.2 Å². The first-order chi connectivity index (χ1) is 13.4. The summed E-state index contributed by atoms with van der Waals surface area (Å²) in [5, 5.41) is 11.6. The smallest absolute Gasteiger partial charge is 0.387 e. The Bertz CT molecular complexity index is 968. The number of benzene rings is 1. The van der Waals surface area contributed by atoms with E-state index in [0.29, 0.717) is 22.2 Å². The van der Waals surface area contributed by atoms with Crippen molar-refractivity contribution in [2.45, 2.75) is 11.8 Å². The Labute approximate surface area is 168 Å². The van der Waals surface area contributed by atoms with Crippen molar-refractivity contribution in [2.75, 3.05) is 11.1 Å². The van der Waals surface area contributed by atoms with Crippen molar-refractivity contribution < 1.29 is 18.3 Å². The van der Waals surface area contributed by atoms with Crippen LogP contribution in [0, 0.1) is 0 Å². The molecule has 28 heavy (non-hydrogen) atoms. The molecule has 146 valence electrons. The number of nitrogens with zero attached hydrogens (tertiary/aromatic N) is 4. The van der Waals surface area contributed by atoms with Gasteiger partial charge in [0.15, 0.2) is 16.1 Å². The molecule has 0 saturated heterocycles. The molecule has 0 unspecified atom stereocenters. The molecule has 0 bridgehead atoms.